The first-order valence-corrected chi connectivity index (χ1v) is 10.2. The summed E-state index contributed by atoms with van der Waals surface area (Å²) in [6.45, 7) is 5.81. The van der Waals surface area contributed by atoms with Gasteiger partial charge in [0.05, 0.1) is 34.7 Å². The van der Waals surface area contributed by atoms with Crippen molar-refractivity contribution in [3.63, 3.8) is 0 Å². The summed E-state index contributed by atoms with van der Waals surface area (Å²) in [6.07, 6.45) is 2.10. The Bertz CT molecular complexity index is 1280. The maximum Gasteiger partial charge on any atom is 0.278 e. The van der Waals surface area contributed by atoms with Gasteiger partial charge < -0.3 is 5.32 Å². The van der Waals surface area contributed by atoms with Crippen molar-refractivity contribution >= 4 is 16.8 Å². The summed E-state index contributed by atoms with van der Waals surface area (Å²) in [5.41, 5.74) is 3.16. The second kappa shape index (κ2) is 8.51. The number of hydrogen-bond acceptors (Lipinski definition) is 5. The quantitative estimate of drug-likeness (QED) is 0.522. The molecule has 0 fully saturated rings. The SMILES string of the molecule is CC[C@H](C(=O)NCc1ccccn1)n1nc(C)c2nn(-c3ccccc3)c(C)c2c1=O. The van der Waals surface area contributed by atoms with Gasteiger partial charge in [0.15, 0.2) is 0 Å². The van der Waals surface area contributed by atoms with Crippen LogP contribution in [-0.2, 0) is 11.3 Å². The Morgan fingerprint density at radius 1 is 1.06 bits per heavy atom. The van der Waals surface area contributed by atoms with Crippen molar-refractivity contribution in [3.8, 4) is 5.69 Å². The molecule has 158 valence electrons. The number of aryl methyl sites for hydroxylation is 2. The van der Waals surface area contributed by atoms with Gasteiger partial charge in [-0.2, -0.15) is 10.2 Å². The first kappa shape index (κ1) is 20.5. The van der Waals surface area contributed by atoms with E-state index in [1.165, 1.54) is 4.68 Å². The van der Waals surface area contributed by atoms with E-state index in [4.69, 9.17) is 0 Å². The van der Waals surface area contributed by atoms with E-state index < -0.39 is 6.04 Å². The summed E-state index contributed by atoms with van der Waals surface area (Å²) >= 11 is 0. The lowest BCUT2D eigenvalue weighted by atomic mass is 10.2. The maximum absolute atomic E-state index is 13.4. The van der Waals surface area contributed by atoms with Gasteiger partial charge in [-0.1, -0.05) is 31.2 Å². The first-order valence-electron chi connectivity index (χ1n) is 10.2. The summed E-state index contributed by atoms with van der Waals surface area (Å²) in [4.78, 5) is 30.5. The minimum Gasteiger partial charge on any atom is -0.349 e. The lowest BCUT2D eigenvalue weighted by Crippen LogP contribution is -2.38. The predicted octanol–water partition coefficient (Wildman–Crippen LogP) is 2.86. The van der Waals surface area contributed by atoms with Crippen molar-refractivity contribution in [2.75, 3.05) is 0 Å². The number of amides is 1. The zero-order valence-corrected chi connectivity index (χ0v) is 17.7. The number of nitrogens with one attached hydrogen (secondary N) is 1. The van der Waals surface area contributed by atoms with Gasteiger partial charge in [0, 0.05) is 6.20 Å². The van der Waals surface area contributed by atoms with E-state index in [-0.39, 0.29) is 18.0 Å². The van der Waals surface area contributed by atoms with Gasteiger partial charge in [-0.15, -0.1) is 0 Å². The van der Waals surface area contributed by atoms with Crippen LogP contribution < -0.4 is 10.9 Å². The standard InChI is InChI=1S/C23H24N6O2/c1-4-19(22(30)25-14-17-10-8-9-13-24-17)29-23(31)20-16(3)28(18-11-6-5-7-12-18)27-21(20)15(2)26-29/h5-13,19H,4,14H2,1-3H3,(H,25,30)/t19-/m1/s1. The molecule has 31 heavy (non-hydrogen) atoms. The molecular formula is C23H24N6O2. The normalized spacial score (nSPS) is 12.1. The molecule has 0 aliphatic carbocycles. The van der Waals surface area contributed by atoms with Crippen LogP contribution in [0.3, 0.4) is 0 Å². The third-order valence-electron chi connectivity index (χ3n) is 5.29. The van der Waals surface area contributed by atoms with Crippen LogP contribution in [0.15, 0.2) is 59.5 Å². The fraction of sp³-hybridized carbons (Fsp3) is 0.261. The van der Waals surface area contributed by atoms with E-state index in [1.54, 1.807) is 17.8 Å². The summed E-state index contributed by atoms with van der Waals surface area (Å²) in [5.74, 6) is -0.269. The molecule has 1 N–H and O–H groups in total. The molecule has 1 amide bonds. The highest BCUT2D eigenvalue weighted by Gasteiger charge is 2.25. The third kappa shape index (κ3) is 3.84. The van der Waals surface area contributed by atoms with Crippen molar-refractivity contribution in [2.24, 2.45) is 0 Å². The fourth-order valence-electron chi connectivity index (χ4n) is 3.68. The molecule has 0 aliphatic heterocycles. The molecule has 8 heteroatoms. The van der Waals surface area contributed by atoms with E-state index in [0.717, 1.165) is 11.4 Å². The van der Waals surface area contributed by atoms with E-state index >= 15 is 0 Å². The van der Waals surface area contributed by atoms with E-state index in [2.05, 4.69) is 20.5 Å². The molecule has 0 aliphatic rings. The summed E-state index contributed by atoms with van der Waals surface area (Å²) in [5, 5.41) is 12.4. The smallest absolute Gasteiger partial charge is 0.278 e. The molecule has 8 nitrogen and oxygen atoms in total. The second-order valence-electron chi connectivity index (χ2n) is 7.35. The van der Waals surface area contributed by atoms with Gasteiger partial charge in [-0.25, -0.2) is 9.36 Å². The van der Waals surface area contributed by atoms with Crippen molar-refractivity contribution < 1.29 is 4.79 Å². The van der Waals surface area contributed by atoms with Gasteiger partial charge in [0.2, 0.25) is 5.91 Å². The van der Waals surface area contributed by atoms with Crippen LogP contribution in [-0.4, -0.2) is 30.5 Å². The highest BCUT2D eigenvalue weighted by atomic mass is 16.2. The van der Waals surface area contributed by atoms with Crippen LogP contribution in [0.4, 0.5) is 0 Å². The Labute approximate surface area is 179 Å². The number of hydrogen-bond donors (Lipinski definition) is 1. The Kier molecular flexibility index (Phi) is 5.62. The van der Waals surface area contributed by atoms with Crippen LogP contribution in [0.2, 0.25) is 0 Å². The topological polar surface area (TPSA) is 94.7 Å². The summed E-state index contributed by atoms with van der Waals surface area (Å²) in [7, 11) is 0. The Hall–Kier alpha value is -3.81. The molecule has 1 aromatic carbocycles. The Balaban J connectivity index is 1.73. The summed E-state index contributed by atoms with van der Waals surface area (Å²) in [6, 6.07) is 14.4. The van der Waals surface area contributed by atoms with Crippen molar-refractivity contribution in [2.45, 2.75) is 39.8 Å². The average Bonchev–Trinajstić information content (AvgIpc) is 3.15. The molecule has 1 atom stereocenters. The van der Waals surface area contributed by atoms with Crippen LogP contribution in [0.1, 0.15) is 36.5 Å². The molecule has 0 bridgehead atoms. The second-order valence-corrected chi connectivity index (χ2v) is 7.35. The lowest BCUT2D eigenvalue weighted by Gasteiger charge is -2.17. The number of nitrogens with zero attached hydrogens (tertiary/aromatic N) is 5. The van der Waals surface area contributed by atoms with Gasteiger partial charge in [0.1, 0.15) is 11.6 Å². The molecule has 0 unspecified atom stereocenters. The van der Waals surface area contributed by atoms with Gasteiger partial charge in [-0.3, -0.25) is 14.6 Å². The Morgan fingerprint density at radius 3 is 2.48 bits per heavy atom. The maximum atomic E-state index is 13.4. The molecule has 4 aromatic rings. The number of rotatable bonds is 6. The molecule has 0 saturated carbocycles. The van der Waals surface area contributed by atoms with Gasteiger partial charge in [-0.05, 0) is 44.5 Å². The van der Waals surface area contributed by atoms with Gasteiger partial charge in [0.25, 0.3) is 5.56 Å². The largest absolute Gasteiger partial charge is 0.349 e. The van der Waals surface area contributed by atoms with Gasteiger partial charge >= 0.3 is 0 Å². The molecule has 0 radical (unpaired) electrons. The number of carbonyl (C=O) groups excluding carboxylic acids is 1. The number of carbonyl (C=O) groups is 1. The highest BCUT2D eigenvalue weighted by molar-refractivity contribution is 5.84. The van der Waals surface area contributed by atoms with Crippen LogP contribution in [0, 0.1) is 13.8 Å². The fourth-order valence-corrected chi connectivity index (χ4v) is 3.68. The molecule has 3 heterocycles. The molecule has 0 saturated heterocycles. The minimum atomic E-state index is -0.723. The Morgan fingerprint density at radius 2 is 1.81 bits per heavy atom. The zero-order chi connectivity index (χ0) is 22.0. The van der Waals surface area contributed by atoms with Crippen molar-refractivity contribution in [1.29, 1.82) is 0 Å². The van der Waals surface area contributed by atoms with Crippen LogP contribution in [0.5, 0.6) is 0 Å². The van der Waals surface area contributed by atoms with Crippen LogP contribution in [0.25, 0.3) is 16.6 Å². The third-order valence-corrected chi connectivity index (χ3v) is 5.29. The average molecular weight is 416 g/mol. The number of benzene rings is 1. The zero-order valence-electron chi connectivity index (χ0n) is 17.7. The monoisotopic (exact) mass is 416 g/mol. The van der Waals surface area contributed by atoms with E-state index in [9.17, 15) is 9.59 Å². The minimum absolute atomic E-state index is 0.269. The van der Waals surface area contributed by atoms with Crippen molar-refractivity contribution in [3.05, 3.63) is 82.2 Å². The molecular weight excluding hydrogens is 392 g/mol. The van der Waals surface area contributed by atoms with Crippen LogP contribution >= 0.6 is 0 Å². The van der Waals surface area contributed by atoms with Crippen molar-refractivity contribution in [1.82, 2.24) is 29.9 Å². The molecule has 4 rings (SSSR count). The number of aromatic nitrogens is 5. The first-order chi connectivity index (χ1) is 15.0. The van der Waals surface area contributed by atoms with E-state index in [1.807, 2.05) is 62.4 Å². The molecule has 3 aromatic heterocycles. The summed E-state index contributed by atoms with van der Waals surface area (Å²) < 4.78 is 3.03. The lowest BCUT2D eigenvalue weighted by molar-refractivity contribution is -0.125. The number of para-hydroxylation sites is 1. The predicted molar refractivity (Wildman–Crippen MR) is 118 cm³/mol. The molecule has 0 spiro atoms. The van der Waals surface area contributed by atoms with E-state index in [0.29, 0.717) is 28.7 Å². The highest BCUT2D eigenvalue weighted by Crippen LogP contribution is 2.21. The number of pyridine rings is 1. The number of fused-ring (bicyclic) bond motifs is 1.